The van der Waals surface area contributed by atoms with Crippen molar-refractivity contribution in [1.29, 1.82) is 0 Å². The average Bonchev–Trinajstić information content (AvgIpc) is 2.40. The molecule has 0 saturated heterocycles. The molecule has 0 aliphatic rings. The first-order chi connectivity index (χ1) is 8.69. The first kappa shape index (κ1) is 13.4. The number of hydrogen-bond acceptors (Lipinski definition) is 1. The Morgan fingerprint density at radius 3 is 2.50 bits per heavy atom. The van der Waals surface area contributed by atoms with Crippen LogP contribution in [0.15, 0.2) is 46.9 Å². The maximum atomic E-state index is 13.5. The molecule has 18 heavy (non-hydrogen) atoms. The molecule has 0 aromatic heterocycles. The van der Waals surface area contributed by atoms with Crippen LogP contribution >= 0.6 is 27.5 Å². The zero-order valence-electron chi connectivity index (χ0n) is 9.59. The lowest BCUT2D eigenvalue weighted by atomic mass is 10.2. The van der Waals surface area contributed by atoms with Crippen molar-refractivity contribution in [2.24, 2.45) is 0 Å². The minimum absolute atomic E-state index is 0.205. The molecule has 2 aromatic rings. The third-order valence-electron chi connectivity index (χ3n) is 2.60. The topological polar surface area (TPSA) is 12.0 Å². The molecule has 94 valence electrons. The molecule has 0 aliphatic heterocycles. The fraction of sp³-hybridized carbons (Fsp3) is 0.143. The van der Waals surface area contributed by atoms with E-state index in [1.165, 1.54) is 6.07 Å². The van der Waals surface area contributed by atoms with Crippen LogP contribution in [-0.4, -0.2) is 0 Å². The Balaban J connectivity index is 2.04. The normalized spacial score (nSPS) is 10.4. The third kappa shape index (κ3) is 3.47. The van der Waals surface area contributed by atoms with Gasteiger partial charge in [0.05, 0.1) is 0 Å². The van der Waals surface area contributed by atoms with E-state index in [4.69, 9.17) is 11.6 Å². The molecule has 0 unspecified atom stereocenters. The van der Waals surface area contributed by atoms with Crippen LogP contribution in [0.25, 0.3) is 0 Å². The molecule has 1 nitrogen and oxygen atoms in total. The molecule has 0 bridgehead atoms. The van der Waals surface area contributed by atoms with Gasteiger partial charge in [-0.2, -0.15) is 0 Å². The Morgan fingerprint density at radius 2 is 1.83 bits per heavy atom. The number of anilines is 1. The average molecular weight is 329 g/mol. The second kappa shape index (κ2) is 6.21. The Kier molecular flexibility index (Phi) is 4.61. The molecular formula is C14H12BrClFN. The van der Waals surface area contributed by atoms with Crippen molar-refractivity contribution in [3.63, 3.8) is 0 Å². The fourth-order valence-electron chi connectivity index (χ4n) is 1.59. The van der Waals surface area contributed by atoms with Crippen molar-refractivity contribution in [2.45, 2.75) is 12.4 Å². The van der Waals surface area contributed by atoms with Crippen molar-refractivity contribution in [3.05, 3.63) is 63.9 Å². The summed E-state index contributed by atoms with van der Waals surface area (Å²) in [6.07, 6.45) is 0. The molecule has 0 saturated carbocycles. The van der Waals surface area contributed by atoms with E-state index in [0.29, 0.717) is 18.0 Å². The van der Waals surface area contributed by atoms with Crippen LogP contribution in [0, 0.1) is 5.82 Å². The van der Waals surface area contributed by atoms with Gasteiger partial charge in [-0.1, -0.05) is 28.1 Å². The van der Waals surface area contributed by atoms with Gasteiger partial charge in [-0.25, -0.2) is 4.39 Å². The summed E-state index contributed by atoms with van der Waals surface area (Å²) in [5.41, 5.74) is 2.64. The van der Waals surface area contributed by atoms with Crippen LogP contribution in [0.1, 0.15) is 11.1 Å². The molecule has 1 N–H and O–H groups in total. The molecule has 0 fully saturated rings. The minimum atomic E-state index is -0.205. The van der Waals surface area contributed by atoms with E-state index in [1.54, 1.807) is 12.1 Å². The van der Waals surface area contributed by atoms with Gasteiger partial charge >= 0.3 is 0 Å². The van der Waals surface area contributed by atoms with Crippen molar-refractivity contribution in [2.75, 3.05) is 5.32 Å². The number of hydrogen-bond donors (Lipinski definition) is 1. The number of benzene rings is 2. The second-order valence-corrected chi connectivity index (χ2v) is 5.10. The monoisotopic (exact) mass is 327 g/mol. The Labute approximate surface area is 119 Å². The van der Waals surface area contributed by atoms with Crippen molar-refractivity contribution in [1.82, 2.24) is 0 Å². The SMILES string of the molecule is Fc1ccc(Br)cc1CNc1ccc(CCl)cc1. The summed E-state index contributed by atoms with van der Waals surface area (Å²) in [5, 5.41) is 3.18. The summed E-state index contributed by atoms with van der Waals surface area (Å²) in [6.45, 7) is 0.450. The van der Waals surface area contributed by atoms with E-state index in [0.717, 1.165) is 15.7 Å². The lowest BCUT2D eigenvalue weighted by Gasteiger charge is -2.08. The molecule has 4 heteroatoms. The van der Waals surface area contributed by atoms with E-state index in [1.807, 2.05) is 24.3 Å². The lowest BCUT2D eigenvalue weighted by Crippen LogP contribution is -2.01. The Bertz CT molecular complexity index is 528. The highest BCUT2D eigenvalue weighted by molar-refractivity contribution is 9.10. The molecule has 2 rings (SSSR count). The molecule has 0 spiro atoms. The number of nitrogens with one attached hydrogen (secondary N) is 1. The summed E-state index contributed by atoms with van der Waals surface area (Å²) in [5.74, 6) is 0.295. The highest BCUT2D eigenvalue weighted by Gasteiger charge is 2.02. The molecule has 0 heterocycles. The molecule has 0 radical (unpaired) electrons. The largest absolute Gasteiger partial charge is 0.381 e. The van der Waals surface area contributed by atoms with Crippen LogP contribution in [-0.2, 0) is 12.4 Å². The van der Waals surface area contributed by atoms with Crippen molar-refractivity contribution in [3.8, 4) is 0 Å². The number of rotatable bonds is 4. The van der Waals surface area contributed by atoms with Gasteiger partial charge in [-0.05, 0) is 35.9 Å². The van der Waals surface area contributed by atoms with E-state index < -0.39 is 0 Å². The predicted molar refractivity (Wildman–Crippen MR) is 77.4 cm³/mol. The van der Waals surface area contributed by atoms with Crippen LogP contribution < -0.4 is 5.32 Å². The van der Waals surface area contributed by atoms with E-state index in [2.05, 4.69) is 21.2 Å². The summed E-state index contributed by atoms with van der Waals surface area (Å²) in [4.78, 5) is 0. The maximum absolute atomic E-state index is 13.5. The van der Waals surface area contributed by atoms with Gasteiger partial charge in [0.1, 0.15) is 5.82 Å². The Morgan fingerprint density at radius 1 is 1.11 bits per heavy atom. The first-order valence-electron chi connectivity index (χ1n) is 5.52. The van der Waals surface area contributed by atoms with Gasteiger partial charge in [0.15, 0.2) is 0 Å². The van der Waals surface area contributed by atoms with Gasteiger partial charge in [0, 0.05) is 28.1 Å². The molecular weight excluding hydrogens is 317 g/mol. The quantitative estimate of drug-likeness (QED) is 0.784. The molecule has 0 atom stereocenters. The maximum Gasteiger partial charge on any atom is 0.128 e. The summed E-state index contributed by atoms with van der Waals surface area (Å²) in [6, 6.07) is 12.7. The zero-order valence-corrected chi connectivity index (χ0v) is 11.9. The first-order valence-corrected chi connectivity index (χ1v) is 6.84. The van der Waals surface area contributed by atoms with E-state index >= 15 is 0 Å². The van der Waals surface area contributed by atoms with Gasteiger partial charge in [0.2, 0.25) is 0 Å². The smallest absolute Gasteiger partial charge is 0.128 e. The van der Waals surface area contributed by atoms with Crippen molar-refractivity contribution < 1.29 is 4.39 Å². The standard InChI is InChI=1S/C14H12BrClFN/c15-12-3-6-14(17)11(7-12)9-18-13-4-1-10(8-16)2-5-13/h1-7,18H,8-9H2. The highest BCUT2D eigenvalue weighted by Crippen LogP contribution is 2.17. The van der Waals surface area contributed by atoms with Gasteiger partial charge in [0.25, 0.3) is 0 Å². The van der Waals surface area contributed by atoms with Crippen LogP contribution in [0.3, 0.4) is 0 Å². The number of halogens is 3. The predicted octanol–water partition coefficient (Wildman–Crippen LogP) is 4.94. The van der Waals surface area contributed by atoms with Crippen LogP contribution in [0.2, 0.25) is 0 Å². The van der Waals surface area contributed by atoms with E-state index in [9.17, 15) is 4.39 Å². The van der Waals surface area contributed by atoms with Gasteiger partial charge in [-0.15, -0.1) is 11.6 Å². The fourth-order valence-corrected chi connectivity index (χ4v) is 2.17. The van der Waals surface area contributed by atoms with Crippen LogP contribution in [0.4, 0.5) is 10.1 Å². The lowest BCUT2D eigenvalue weighted by molar-refractivity contribution is 0.612. The summed E-state index contributed by atoms with van der Waals surface area (Å²) >= 11 is 9.05. The van der Waals surface area contributed by atoms with Gasteiger partial charge in [-0.3, -0.25) is 0 Å². The Hall–Kier alpha value is -1.06. The third-order valence-corrected chi connectivity index (χ3v) is 3.40. The van der Waals surface area contributed by atoms with Crippen molar-refractivity contribution >= 4 is 33.2 Å². The van der Waals surface area contributed by atoms with E-state index in [-0.39, 0.29) is 5.82 Å². The molecule has 2 aromatic carbocycles. The van der Waals surface area contributed by atoms with Crippen LogP contribution in [0.5, 0.6) is 0 Å². The van der Waals surface area contributed by atoms with Gasteiger partial charge < -0.3 is 5.32 Å². The molecule has 0 amide bonds. The second-order valence-electron chi connectivity index (χ2n) is 3.92. The molecule has 0 aliphatic carbocycles. The zero-order chi connectivity index (χ0) is 13.0. The minimum Gasteiger partial charge on any atom is -0.381 e. The summed E-state index contributed by atoms with van der Waals surface area (Å²) < 4.78 is 14.4. The number of alkyl halides is 1. The highest BCUT2D eigenvalue weighted by atomic mass is 79.9. The summed E-state index contributed by atoms with van der Waals surface area (Å²) in [7, 11) is 0.